The number of hydrogen-bond donors (Lipinski definition) is 0. The molecule has 0 unspecified atom stereocenters. The molecule has 1 aromatic heterocycles. The molecule has 55 heavy (non-hydrogen) atoms. The predicted octanol–water partition coefficient (Wildman–Crippen LogP) is 12.1. The first-order valence-electron chi connectivity index (χ1n) is 19.2. The Bertz CT molecular complexity index is 2990. The van der Waals surface area contributed by atoms with Crippen molar-refractivity contribution < 1.29 is 4.42 Å². The summed E-state index contributed by atoms with van der Waals surface area (Å²) in [5.41, 5.74) is 14.9. The van der Waals surface area contributed by atoms with Gasteiger partial charge in [-0.15, -0.1) is 0 Å². The lowest BCUT2D eigenvalue weighted by Gasteiger charge is -2.35. The minimum absolute atomic E-state index is 0.478. The normalized spacial score (nSPS) is 13.9. The topological polar surface area (TPSA) is 16.4 Å². The van der Waals surface area contributed by atoms with Crippen molar-refractivity contribution in [2.24, 2.45) is 0 Å². The van der Waals surface area contributed by atoms with Gasteiger partial charge in [-0.3, -0.25) is 0 Å². The van der Waals surface area contributed by atoms with Gasteiger partial charge in [-0.1, -0.05) is 170 Å². The van der Waals surface area contributed by atoms with Crippen molar-refractivity contribution in [3.63, 3.8) is 0 Å². The van der Waals surface area contributed by atoms with Gasteiger partial charge in [0.15, 0.2) is 0 Å². The van der Waals surface area contributed by atoms with Gasteiger partial charge in [0.1, 0.15) is 11.2 Å². The van der Waals surface area contributed by atoms with Gasteiger partial charge in [0.05, 0.1) is 5.41 Å². The molecule has 0 amide bonds. The van der Waals surface area contributed by atoms with E-state index in [2.05, 4.69) is 199 Å². The number of furan rings is 1. The van der Waals surface area contributed by atoms with E-state index >= 15 is 0 Å². The Labute approximate surface area is 320 Å². The number of anilines is 2. The summed E-state index contributed by atoms with van der Waals surface area (Å²) in [6.45, 7) is 0. The first-order chi connectivity index (χ1) is 27.3. The van der Waals surface area contributed by atoms with Crippen LogP contribution in [-0.2, 0) is 5.41 Å². The molecular formula is C53H37NO. The highest BCUT2D eigenvalue weighted by molar-refractivity contribution is 6.09. The van der Waals surface area contributed by atoms with E-state index in [1.54, 1.807) is 0 Å². The lowest BCUT2D eigenvalue weighted by molar-refractivity contribution is 0.670. The van der Waals surface area contributed by atoms with Crippen molar-refractivity contribution in [3.8, 4) is 22.3 Å². The molecule has 0 radical (unpaired) electrons. The Kier molecular flexibility index (Phi) is 7.25. The third-order valence-electron chi connectivity index (χ3n) is 11.8. The lowest BCUT2D eigenvalue weighted by atomic mass is 9.67. The zero-order valence-electron chi connectivity index (χ0n) is 30.3. The highest BCUT2D eigenvalue weighted by Gasteiger charge is 2.46. The van der Waals surface area contributed by atoms with E-state index < -0.39 is 5.41 Å². The summed E-state index contributed by atoms with van der Waals surface area (Å²) >= 11 is 0. The van der Waals surface area contributed by atoms with Crippen LogP contribution in [0.5, 0.6) is 0 Å². The van der Waals surface area contributed by atoms with Gasteiger partial charge in [-0.05, 0) is 87.3 Å². The number of para-hydroxylation sites is 2. The van der Waals surface area contributed by atoms with Gasteiger partial charge in [0, 0.05) is 38.6 Å². The first kappa shape index (κ1) is 31.6. The molecule has 0 saturated carbocycles. The molecule has 2 aliphatic rings. The first-order valence-corrected chi connectivity index (χ1v) is 19.2. The smallest absolute Gasteiger partial charge is 0.143 e. The average molecular weight is 704 g/mol. The quantitative estimate of drug-likeness (QED) is 0.171. The van der Waals surface area contributed by atoms with E-state index in [9.17, 15) is 0 Å². The molecule has 2 nitrogen and oxygen atoms in total. The molecule has 0 atom stereocenters. The Morgan fingerprint density at radius 2 is 1.11 bits per heavy atom. The molecule has 260 valence electrons. The third kappa shape index (κ3) is 4.81. The molecule has 0 saturated heterocycles. The van der Waals surface area contributed by atoms with Crippen LogP contribution in [0.15, 0.2) is 199 Å². The predicted molar refractivity (Wildman–Crippen MR) is 228 cm³/mol. The fourth-order valence-electron chi connectivity index (χ4n) is 9.47. The van der Waals surface area contributed by atoms with Crippen LogP contribution in [-0.4, -0.2) is 0 Å². The number of hydrogen-bond acceptors (Lipinski definition) is 2. The van der Waals surface area contributed by atoms with Crippen LogP contribution in [0.2, 0.25) is 0 Å². The molecule has 9 aromatic rings. The van der Waals surface area contributed by atoms with Gasteiger partial charge >= 0.3 is 0 Å². The fraction of sp³-hybridized carbons (Fsp3) is 0.0566. The van der Waals surface area contributed by atoms with Crippen LogP contribution in [0.3, 0.4) is 0 Å². The summed E-state index contributed by atoms with van der Waals surface area (Å²) in [7, 11) is 0. The van der Waals surface area contributed by atoms with Crippen molar-refractivity contribution in [1.82, 2.24) is 0 Å². The highest BCUT2D eigenvalue weighted by Crippen LogP contribution is 2.57. The van der Waals surface area contributed by atoms with Crippen molar-refractivity contribution >= 4 is 45.1 Å². The van der Waals surface area contributed by atoms with E-state index in [0.717, 1.165) is 57.3 Å². The van der Waals surface area contributed by atoms with E-state index in [1.807, 2.05) is 6.07 Å². The van der Waals surface area contributed by atoms with Crippen LogP contribution in [0.25, 0.3) is 56.0 Å². The zero-order valence-corrected chi connectivity index (χ0v) is 30.3. The maximum Gasteiger partial charge on any atom is 0.143 e. The SMILES string of the molecule is C1=c2ccccc2=C(N(c2ccc(-c3cccc4c3oc3ccccc34)cc2)c2ccc3c(c2)C(c2ccccc2)(c2ccccc2)c2ccccc2-3)CC1. The van der Waals surface area contributed by atoms with Crippen molar-refractivity contribution in [2.75, 3.05) is 4.90 Å². The monoisotopic (exact) mass is 703 g/mol. The minimum atomic E-state index is -0.478. The molecule has 0 spiro atoms. The van der Waals surface area contributed by atoms with E-state index in [1.165, 1.54) is 49.5 Å². The van der Waals surface area contributed by atoms with Gasteiger partial charge < -0.3 is 9.32 Å². The summed E-state index contributed by atoms with van der Waals surface area (Å²) < 4.78 is 6.46. The summed E-state index contributed by atoms with van der Waals surface area (Å²) in [6.07, 6.45) is 4.31. The maximum absolute atomic E-state index is 6.46. The molecule has 2 heteroatoms. The lowest BCUT2D eigenvalue weighted by Crippen LogP contribution is -2.35. The molecule has 8 aromatic carbocycles. The second-order valence-corrected chi connectivity index (χ2v) is 14.7. The average Bonchev–Trinajstić information content (AvgIpc) is 3.79. The molecular weight excluding hydrogens is 667 g/mol. The van der Waals surface area contributed by atoms with Crippen molar-refractivity contribution in [1.29, 1.82) is 0 Å². The third-order valence-corrected chi connectivity index (χ3v) is 11.8. The summed E-state index contributed by atoms with van der Waals surface area (Å²) in [5, 5.41) is 4.86. The molecule has 11 rings (SSSR count). The molecule has 0 bridgehead atoms. The van der Waals surface area contributed by atoms with Gasteiger partial charge in [0.25, 0.3) is 0 Å². The van der Waals surface area contributed by atoms with Gasteiger partial charge in [0.2, 0.25) is 0 Å². The molecule has 0 aliphatic heterocycles. The number of rotatable bonds is 6. The molecule has 1 heterocycles. The number of benzene rings is 8. The van der Waals surface area contributed by atoms with Crippen LogP contribution in [0, 0.1) is 0 Å². The Morgan fingerprint density at radius 3 is 1.93 bits per heavy atom. The zero-order chi connectivity index (χ0) is 36.3. The standard InChI is InChI=1S/C53H37NO/c1-3-17-38(18-4-1)53(39-19-5-2-6-20-39)48-26-11-9-22-44(48)45-34-33-41(35-49(45)53)54(50-27-13-16-36-15-7-8-21-42(36)50)40-31-29-37(30-32-40)43-24-14-25-47-46-23-10-12-28-51(46)55-52(43)47/h1-12,14-26,28-35H,13,27H2. The van der Waals surface area contributed by atoms with Crippen molar-refractivity contribution in [2.45, 2.75) is 18.3 Å². The Balaban J connectivity index is 1.14. The van der Waals surface area contributed by atoms with Crippen LogP contribution >= 0.6 is 0 Å². The highest BCUT2D eigenvalue weighted by atomic mass is 16.3. The summed E-state index contributed by atoms with van der Waals surface area (Å²) in [4.78, 5) is 2.52. The van der Waals surface area contributed by atoms with Crippen LogP contribution in [0.1, 0.15) is 35.1 Å². The fourth-order valence-corrected chi connectivity index (χ4v) is 9.47. The van der Waals surface area contributed by atoms with Crippen LogP contribution < -0.4 is 15.3 Å². The van der Waals surface area contributed by atoms with Crippen LogP contribution in [0.4, 0.5) is 11.4 Å². The van der Waals surface area contributed by atoms with Gasteiger partial charge in [-0.2, -0.15) is 0 Å². The summed E-state index contributed by atoms with van der Waals surface area (Å²) in [6, 6.07) is 71.0. The Morgan fingerprint density at radius 1 is 0.473 bits per heavy atom. The summed E-state index contributed by atoms with van der Waals surface area (Å²) in [5.74, 6) is 0. The van der Waals surface area contributed by atoms with Gasteiger partial charge in [-0.25, -0.2) is 0 Å². The van der Waals surface area contributed by atoms with E-state index in [0.29, 0.717) is 0 Å². The Hall–Kier alpha value is -6.90. The second-order valence-electron chi connectivity index (χ2n) is 14.7. The maximum atomic E-state index is 6.46. The number of fused-ring (bicyclic) bond motifs is 7. The molecule has 0 fully saturated rings. The van der Waals surface area contributed by atoms with E-state index in [-0.39, 0.29) is 0 Å². The van der Waals surface area contributed by atoms with E-state index in [4.69, 9.17) is 4.42 Å². The minimum Gasteiger partial charge on any atom is -0.455 e. The molecule has 2 aliphatic carbocycles. The van der Waals surface area contributed by atoms with Crippen molar-refractivity contribution in [3.05, 3.63) is 227 Å². The molecule has 0 N–H and O–H groups in total. The second kappa shape index (κ2) is 12.6. The largest absolute Gasteiger partial charge is 0.455 e. The number of nitrogens with zero attached hydrogens (tertiary/aromatic N) is 1.